The van der Waals surface area contributed by atoms with Crippen molar-refractivity contribution in [1.29, 1.82) is 0 Å². The Balaban J connectivity index is 3.50. The van der Waals surface area contributed by atoms with Gasteiger partial charge in [-0.05, 0) is 6.92 Å². The van der Waals surface area contributed by atoms with Crippen LogP contribution in [0.15, 0.2) is 0 Å². The van der Waals surface area contributed by atoms with Crippen LogP contribution in [0, 0.1) is 0 Å². The van der Waals surface area contributed by atoms with Gasteiger partial charge >= 0.3 is 0 Å². The average Bonchev–Trinajstić information content (AvgIpc) is 1.90. The van der Waals surface area contributed by atoms with Gasteiger partial charge in [0.2, 0.25) is 0 Å². The molecule has 0 bridgehead atoms. The molecule has 0 amide bonds. The summed E-state index contributed by atoms with van der Waals surface area (Å²) in [4.78, 5) is 0. The maximum atomic E-state index is 5.11. The van der Waals surface area contributed by atoms with Crippen molar-refractivity contribution in [3.05, 3.63) is 0 Å². The summed E-state index contributed by atoms with van der Waals surface area (Å²) in [6.07, 6.45) is -0.269. The van der Waals surface area contributed by atoms with Crippen LogP contribution in [0.5, 0.6) is 0 Å². The fourth-order valence-electron chi connectivity index (χ4n) is 0.583. The maximum absolute atomic E-state index is 5.11. The lowest BCUT2D eigenvalue weighted by Crippen LogP contribution is -2.43. The lowest BCUT2D eigenvalue weighted by atomic mass is 10.3. The highest BCUT2D eigenvalue weighted by Crippen LogP contribution is 1.95. The van der Waals surface area contributed by atoms with Crippen LogP contribution in [0.1, 0.15) is 6.92 Å². The summed E-state index contributed by atoms with van der Waals surface area (Å²) in [5.74, 6) is 5.11. The third-order valence-corrected chi connectivity index (χ3v) is 1.14. The van der Waals surface area contributed by atoms with Crippen molar-refractivity contribution in [2.75, 3.05) is 14.2 Å². The van der Waals surface area contributed by atoms with Crippen molar-refractivity contribution in [2.45, 2.75) is 19.3 Å². The lowest BCUT2D eigenvalue weighted by molar-refractivity contribution is -0.119. The molecule has 4 heteroatoms. The first-order valence-corrected chi connectivity index (χ1v) is 2.78. The van der Waals surface area contributed by atoms with E-state index < -0.39 is 0 Å². The SMILES string of the molecule is COC(OC)C(C)NN. The van der Waals surface area contributed by atoms with Crippen LogP contribution < -0.4 is 11.3 Å². The number of nitrogens with one attached hydrogen (secondary N) is 1. The summed E-state index contributed by atoms with van der Waals surface area (Å²) >= 11 is 0. The summed E-state index contributed by atoms with van der Waals surface area (Å²) < 4.78 is 9.77. The second-order valence-electron chi connectivity index (χ2n) is 1.80. The summed E-state index contributed by atoms with van der Waals surface area (Å²) in [5.41, 5.74) is 2.52. The molecule has 0 spiro atoms. The summed E-state index contributed by atoms with van der Waals surface area (Å²) in [5, 5.41) is 0. The predicted octanol–water partition coefficient (Wildman–Crippen LogP) is -0.543. The van der Waals surface area contributed by atoms with Crippen LogP contribution in [0.4, 0.5) is 0 Å². The first-order chi connectivity index (χ1) is 4.26. The van der Waals surface area contributed by atoms with Crippen molar-refractivity contribution in [3.8, 4) is 0 Å². The second-order valence-corrected chi connectivity index (χ2v) is 1.80. The molecule has 0 aromatic rings. The number of hydrogen-bond donors (Lipinski definition) is 2. The lowest BCUT2D eigenvalue weighted by Gasteiger charge is -2.19. The van der Waals surface area contributed by atoms with E-state index in [0.717, 1.165) is 0 Å². The number of ether oxygens (including phenoxy) is 2. The molecule has 0 aromatic carbocycles. The molecule has 0 fully saturated rings. The Morgan fingerprint density at radius 2 is 1.78 bits per heavy atom. The smallest absolute Gasteiger partial charge is 0.173 e. The Morgan fingerprint density at radius 1 is 1.33 bits per heavy atom. The van der Waals surface area contributed by atoms with E-state index in [1.807, 2.05) is 6.92 Å². The van der Waals surface area contributed by atoms with E-state index in [0.29, 0.717) is 0 Å². The van der Waals surface area contributed by atoms with Crippen LogP contribution in [0.3, 0.4) is 0 Å². The third-order valence-electron chi connectivity index (χ3n) is 1.14. The Bertz CT molecular complexity index is 66.0. The van der Waals surface area contributed by atoms with Crippen molar-refractivity contribution in [3.63, 3.8) is 0 Å². The van der Waals surface area contributed by atoms with Crippen molar-refractivity contribution < 1.29 is 9.47 Å². The zero-order chi connectivity index (χ0) is 7.28. The molecule has 0 aromatic heterocycles. The number of hydrazine groups is 1. The Morgan fingerprint density at radius 3 is 1.89 bits per heavy atom. The van der Waals surface area contributed by atoms with Crippen LogP contribution in [0.25, 0.3) is 0 Å². The summed E-state index contributed by atoms with van der Waals surface area (Å²) in [6.45, 7) is 1.87. The van der Waals surface area contributed by atoms with Crippen LogP contribution >= 0.6 is 0 Å². The predicted molar refractivity (Wildman–Crippen MR) is 34.6 cm³/mol. The van der Waals surface area contributed by atoms with E-state index in [2.05, 4.69) is 5.43 Å². The molecule has 0 heterocycles. The van der Waals surface area contributed by atoms with Gasteiger partial charge in [0.15, 0.2) is 6.29 Å². The highest BCUT2D eigenvalue weighted by Gasteiger charge is 2.12. The molecular formula is C5H14N2O2. The Kier molecular flexibility index (Phi) is 4.61. The molecule has 4 nitrogen and oxygen atoms in total. The molecule has 0 rings (SSSR count). The van der Waals surface area contributed by atoms with Gasteiger partial charge in [0, 0.05) is 14.2 Å². The van der Waals surface area contributed by atoms with Gasteiger partial charge in [-0.25, -0.2) is 0 Å². The van der Waals surface area contributed by atoms with Gasteiger partial charge in [-0.15, -0.1) is 0 Å². The zero-order valence-corrected chi connectivity index (χ0v) is 6.05. The molecule has 0 aliphatic rings. The van der Waals surface area contributed by atoms with Crippen molar-refractivity contribution in [1.82, 2.24) is 5.43 Å². The van der Waals surface area contributed by atoms with Crippen molar-refractivity contribution in [2.24, 2.45) is 5.84 Å². The first kappa shape index (κ1) is 8.84. The van der Waals surface area contributed by atoms with Gasteiger partial charge in [-0.3, -0.25) is 11.3 Å². The molecule has 0 radical (unpaired) electrons. The molecular weight excluding hydrogens is 120 g/mol. The molecule has 0 saturated heterocycles. The Hall–Kier alpha value is -0.160. The number of rotatable bonds is 4. The standard InChI is InChI=1S/C5H14N2O2/c1-4(7-6)5(8-2)9-3/h4-5,7H,6H2,1-3H3. The maximum Gasteiger partial charge on any atom is 0.173 e. The van der Waals surface area contributed by atoms with Gasteiger partial charge in [0.25, 0.3) is 0 Å². The van der Waals surface area contributed by atoms with Gasteiger partial charge < -0.3 is 9.47 Å². The fraction of sp³-hybridized carbons (Fsp3) is 1.00. The summed E-state index contributed by atoms with van der Waals surface area (Å²) in [6, 6.07) is 0.0139. The highest BCUT2D eigenvalue weighted by atomic mass is 16.7. The van der Waals surface area contributed by atoms with Crippen LogP contribution in [-0.2, 0) is 9.47 Å². The zero-order valence-electron chi connectivity index (χ0n) is 6.05. The molecule has 1 unspecified atom stereocenters. The molecule has 0 aliphatic heterocycles. The number of nitrogens with two attached hydrogens (primary N) is 1. The minimum Gasteiger partial charge on any atom is -0.354 e. The van der Waals surface area contributed by atoms with E-state index in [-0.39, 0.29) is 12.3 Å². The largest absolute Gasteiger partial charge is 0.354 e. The van der Waals surface area contributed by atoms with E-state index in [9.17, 15) is 0 Å². The highest BCUT2D eigenvalue weighted by molar-refractivity contribution is 4.58. The molecule has 0 saturated carbocycles. The topological polar surface area (TPSA) is 56.5 Å². The van der Waals surface area contributed by atoms with Crippen LogP contribution in [-0.4, -0.2) is 26.6 Å². The average molecular weight is 134 g/mol. The molecule has 56 valence electrons. The third kappa shape index (κ3) is 2.76. The van der Waals surface area contributed by atoms with Crippen LogP contribution in [0.2, 0.25) is 0 Å². The van der Waals surface area contributed by atoms with Gasteiger partial charge in [0.1, 0.15) is 0 Å². The van der Waals surface area contributed by atoms with Gasteiger partial charge in [-0.1, -0.05) is 0 Å². The normalized spacial score (nSPS) is 14.3. The van der Waals surface area contributed by atoms with Crippen molar-refractivity contribution >= 4 is 0 Å². The quantitative estimate of drug-likeness (QED) is 0.308. The van der Waals surface area contributed by atoms with Gasteiger partial charge in [0.05, 0.1) is 6.04 Å². The summed E-state index contributed by atoms with van der Waals surface area (Å²) in [7, 11) is 3.14. The first-order valence-electron chi connectivity index (χ1n) is 2.78. The van der Waals surface area contributed by atoms with Gasteiger partial charge in [-0.2, -0.15) is 0 Å². The van der Waals surface area contributed by atoms with E-state index in [1.165, 1.54) is 0 Å². The van der Waals surface area contributed by atoms with E-state index >= 15 is 0 Å². The second kappa shape index (κ2) is 4.69. The molecule has 9 heavy (non-hydrogen) atoms. The molecule has 0 aliphatic carbocycles. The van der Waals surface area contributed by atoms with E-state index in [4.69, 9.17) is 15.3 Å². The number of methoxy groups -OCH3 is 2. The Labute approximate surface area is 55.3 Å². The molecule has 1 atom stereocenters. The fourth-order valence-corrected chi connectivity index (χ4v) is 0.583. The number of hydrogen-bond acceptors (Lipinski definition) is 4. The minimum atomic E-state index is -0.269. The minimum absolute atomic E-state index is 0.0139. The molecule has 3 N–H and O–H groups in total. The monoisotopic (exact) mass is 134 g/mol. The van der Waals surface area contributed by atoms with E-state index in [1.54, 1.807) is 14.2 Å².